The Balaban J connectivity index is 1.54. The molecule has 2 aliphatic rings. The maximum atomic E-state index is 12.7. The van der Waals surface area contributed by atoms with E-state index in [0.717, 1.165) is 63.9 Å². The molecule has 138 valence electrons. The first-order chi connectivity index (χ1) is 12.6. The number of hydrogen-bond donors (Lipinski definition) is 1. The zero-order valence-corrected chi connectivity index (χ0v) is 17.8. The van der Waals surface area contributed by atoms with E-state index in [1.54, 1.807) is 0 Å². The van der Waals surface area contributed by atoms with Crippen molar-refractivity contribution in [1.82, 2.24) is 19.9 Å². The summed E-state index contributed by atoms with van der Waals surface area (Å²) in [5, 5.41) is 0. The Labute approximate surface area is 169 Å². The van der Waals surface area contributed by atoms with Crippen molar-refractivity contribution in [2.75, 3.05) is 6.54 Å². The van der Waals surface area contributed by atoms with Gasteiger partial charge >= 0.3 is 0 Å². The molecule has 2 aromatic heterocycles. The van der Waals surface area contributed by atoms with Crippen LogP contribution in [-0.4, -0.2) is 26.4 Å². The molecule has 0 amide bonds. The lowest BCUT2D eigenvalue weighted by molar-refractivity contribution is 0.240. The molecule has 1 aliphatic carbocycles. The zero-order valence-electron chi connectivity index (χ0n) is 14.6. The molecule has 26 heavy (non-hydrogen) atoms. The summed E-state index contributed by atoms with van der Waals surface area (Å²) in [6.45, 7) is 2.32. The van der Waals surface area contributed by atoms with Gasteiger partial charge in [0.05, 0.1) is 11.3 Å². The van der Waals surface area contributed by atoms with Crippen LogP contribution in [-0.2, 0) is 19.5 Å². The Morgan fingerprint density at radius 3 is 2.62 bits per heavy atom. The number of pyridine rings is 1. The molecule has 0 radical (unpaired) electrons. The third kappa shape index (κ3) is 3.80. The first-order valence-corrected chi connectivity index (χ1v) is 10.8. The summed E-state index contributed by atoms with van der Waals surface area (Å²) >= 11 is 7.15. The molecule has 7 heteroatoms. The number of aromatic amines is 1. The molecule has 0 saturated heterocycles. The van der Waals surface area contributed by atoms with Crippen LogP contribution in [0.4, 0.5) is 0 Å². The highest BCUT2D eigenvalue weighted by molar-refractivity contribution is 9.11. The van der Waals surface area contributed by atoms with Gasteiger partial charge in [0.15, 0.2) is 0 Å². The lowest BCUT2D eigenvalue weighted by Crippen LogP contribution is -2.36. The van der Waals surface area contributed by atoms with Gasteiger partial charge in [0.25, 0.3) is 5.56 Å². The number of nitrogens with one attached hydrogen (secondary N) is 1. The van der Waals surface area contributed by atoms with Crippen LogP contribution in [0.5, 0.6) is 0 Å². The van der Waals surface area contributed by atoms with E-state index in [9.17, 15) is 4.79 Å². The SMILES string of the molecule is O=c1[nH]c(C2CCCCC2)nc2c1CN(Cc1c(Br)cncc1Br)CC2. The second-order valence-corrected chi connectivity index (χ2v) is 8.96. The molecule has 2 aromatic rings. The minimum absolute atomic E-state index is 0.0492. The normalized spacial score (nSPS) is 18.7. The molecule has 0 atom stereocenters. The summed E-state index contributed by atoms with van der Waals surface area (Å²) in [5.74, 6) is 1.35. The maximum absolute atomic E-state index is 12.7. The molecule has 1 saturated carbocycles. The average molecular weight is 482 g/mol. The highest BCUT2D eigenvalue weighted by Gasteiger charge is 2.25. The van der Waals surface area contributed by atoms with Crippen molar-refractivity contribution in [2.24, 2.45) is 0 Å². The van der Waals surface area contributed by atoms with Crippen LogP contribution in [0.15, 0.2) is 26.1 Å². The van der Waals surface area contributed by atoms with Gasteiger partial charge in [0.1, 0.15) is 5.82 Å². The number of nitrogens with zero attached hydrogens (tertiary/aromatic N) is 3. The molecule has 5 nitrogen and oxygen atoms in total. The molecule has 0 spiro atoms. The van der Waals surface area contributed by atoms with Crippen molar-refractivity contribution in [1.29, 1.82) is 0 Å². The quantitative estimate of drug-likeness (QED) is 0.709. The summed E-state index contributed by atoms with van der Waals surface area (Å²) in [4.78, 5) is 27.1. The van der Waals surface area contributed by atoms with E-state index in [4.69, 9.17) is 4.98 Å². The topological polar surface area (TPSA) is 61.9 Å². The fourth-order valence-corrected chi connectivity index (χ4v) is 5.20. The third-order valence-electron chi connectivity index (χ3n) is 5.49. The van der Waals surface area contributed by atoms with Gasteiger partial charge in [-0.3, -0.25) is 14.7 Å². The monoisotopic (exact) mass is 480 g/mol. The third-order valence-corrected chi connectivity index (χ3v) is 6.86. The van der Waals surface area contributed by atoms with E-state index in [0.29, 0.717) is 12.5 Å². The van der Waals surface area contributed by atoms with Gasteiger partial charge in [-0.15, -0.1) is 0 Å². The number of rotatable bonds is 3. The standard InChI is InChI=1S/C19H22Br2N4O/c20-15-8-22-9-16(21)13(15)10-25-7-6-17-14(11-25)19(26)24-18(23-17)12-4-2-1-3-5-12/h8-9,12H,1-7,10-11H2,(H,23,24,26). The van der Waals surface area contributed by atoms with E-state index in [-0.39, 0.29) is 5.56 Å². The Morgan fingerprint density at radius 1 is 1.15 bits per heavy atom. The molecule has 1 aliphatic heterocycles. The number of halogens is 2. The number of H-pyrrole nitrogens is 1. The van der Waals surface area contributed by atoms with E-state index in [1.165, 1.54) is 19.3 Å². The van der Waals surface area contributed by atoms with Crippen molar-refractivity contribution in [3.8, 4) is 0 Å². The summed E-state index contributed by atoms with van der Waals surface area (Å²) in [6.07, 6.45) is 10.5. The largest absolute Gasteiger partial charge is 0.310 e. The molecule has 0 unspecified atom stereocenters. The Bertz CT molecular complexity index is 841. The second-order valence-electron chi connectivity index (χ2n) is 7.25. The second kappa shape index (κ2) is 7.90. The van der Waals surface area contributed by atoms with Crippen LogP contribution in [0.3, 0.4) is 0 Å². The zero-order chi connectivity index (χ0) is 18.1. The number of aromatic nitrogens is 3. The highest BCUT2D eigenvalue weighted by Crippen LogP contribution is 2.31. The minimum atomic E-state index is 0.0492. The number of hydrogen-bond acceptors (Lipinski definition) is 4. The van der Waals surface area contributed by atoms with Crippen molar-refractivity contribution >= 4 is 31.9 Å². The van der Waals surface area contributed by atoms with Crippen LogP contribution in [0.1, 0.15) is 60.7 Å². The van der Waals surface area contributed by atoms with Gasteiger partial charge in [-0.2, -0.15) is 0 Å². The summed E-state index contributed by atoms with van der Waals surface area (Å²) in [7, 11) is 0. The van der Waals surface area contributed by atoms with Gasteiger partial charge in [-0.1, -0.05) is 19.3 Å². The number of fused-ring (bicyclic) bond motifs is 1. The van der Waals surface area contributed by atoms with Gasteiger partial charge in [-0.25, -0.2) is 4.98 Å². The van der Waals surface area contributed by atoms with Gasteiger partial charge in [0, 0.05) is 53.3 Å². The summed E-state index contributed by atoms with van der Waals surface area (Å²) < 4.78 is 1.97. The molecule has 0 bridgehead atoms. The van der Waals surface area contributed by atoms with Gasteiger partial charge in [-0.05, 0) is 50.3 Å². The van der Waals surface area contributed by atoms with Crippen LogP contribution in [0.25, 0.3) is 0 Å². The van der Waals surface area contributed by atoms with Crippen molar-refractivity contribution in [2.45, 2.75) is 57.5 Å². The van der Waals surface area contributed by atoms with E-state index in [1.807, 2.05) is 12.4 Å². The van der Waals surface area contributed by atoms with Gasteiger partial charge < -0.3 is 4.98 Å². The van der Waals surface area contributed by atoms with Gasteiger partial charge in [0.2, 0.25) is 0 Å². The first-order valence-electron chi connectivity index (χ1n) is 9.24. The first kappa shape index (κ1) is 18.3. The minimum Gasteiger partial charge on any atom is -0.310 e. The molecular formula is C19H22Br2N4O. The highest BCUT2D eigenvalue weighted by atomic mass is 79.9. The van der Waals surface area contributed by atoms with Crippen molar-refractivity contribution in [3.63, 3.8) is 0 Å². The fourth-order valence-electron chi connectivity index (χ4n) is 4.02. The van der Waals surface area contributed by atoms with Crippen LogP contribution >= 0.6 is 31.9 Å². The van der Waals surface area contributed by atoms with E-state index in [2.05, 4.69) is 46.7 Å². The Morgan fingerprint density at radius 2 is 1.88 bits per heavy atom. The molecule has 0 aromatic carbocycles. The lowest BCUT2D eigenvalue weighted by Gasteiger charge is -2.29. The van der Waals surface area contributed by atoms with Crippen LogP contribution in [0, 0.1) is 0 Å². The molecule has 1 fully saturated rings. The predicted octanol–water partition coefficient (Wildman–Crippen LogP) is 4.30. The molecule has 3 heterocycles. The fraction of sp³-hybridized carbons (Fsp3) is 0.526. The van der Waals surface area contributed by atoms with Crippen molar-refractivity contribution in [3.05, 3.63) is 54.3 Å². The molecule has 4 rings (SSSR count). The summed E-state index contributed by atoms with van der Waals surface area (Å²) in [5.41, 5.74) is 3.04. The average Bonchev–Trinajstić information content (AvgIpc) is 2.66. The van der Waals surface area contributed by atoms with E-state index < -0.39 is 0 Å². The maximum Gasteiger partial charge on any atom is 0.255 e. The molecule has 1 N–H and O–H groups in total. The van der Waals surface area contributed by atoms with E-state index >= 15 is 0 Å². The molecular weight excluding hydrogens is 460 g/mol. The Hall–Kier alpha value is -1.05. The summed E-state index contributed by atoms with van der Waals surface area (Å²) in [6, 6.07) is 0. The Kier molecular flexibility index (Phi) is 5.57. The lowest BCUT2D eigenvalue weighted by atomic mass is 9.88. The smallest absolute Gasteiger partial charge is 0.255 e. The van der Waals surface area contributed by atoms with Crippen LogP contribution in [0.2, 0.25) is 0 Å². The van der Waals surface area contributed by atoms with Crippen molar-refractivity contribution < 1.29 is 0 Å². The predicted molar refractivity (Wildman–Crippen MR) is 108 cm³/mol. The van der Waals surface area contributed by atoms with Crippen LogP contribution < -0.4 is 5.56 Å².